The summed E-state index contributed by atoms with van der Waals surface area (Å²) in [6.07, 6.45) is 0.851. The van der Waals surface area contributed by atoms with Crippen LogP contribution in [0.15, 0.2) is 5.38 Å². The van der Waals surface area contributed by atoms with Gasteiger partial charge in [-0.15, -0.1) is 11.3 Å². The fourth-order valence-electron chi connectivity index (χ4n) is 2.39. The minimum Gasteiger partial charge on any atom is -0.379 e. The highest BCUT2D eigenvalue weighted by atomic mass is 32.1. The van der Waals surface area contributed by atoms with Crippen molar-refractivity contribution >= 4 is 11.3 Å². The second-order valence-corrected chi connectivity index (χ2v) is 7.84. The molecule has 3 nitrogen and oxygen atoms in total. The van der Waals surface area contributed by atoms with E-state index in [0.29, 0.717) is 19.4 Å². The average Bonchev–Trinajstić information content (AvgIpc) is 2.77. The fraction of sp³-hybridized carbons (Fsp3) is 0.800. The maximum absolute atomic E-state index is 14.7. The van der Waals surface area contributed by atoms with Gasteiger partial charge in [-0.1, -0.05) is 20.8 Å². The summed E-state index contributed by atoms with van der Waals surface area (Å²) in [5.74, 6) is 0. The van der Waals surface area contributed by atoms with E-state index in [4.69, 9.17) is 4.74 Å². The number of aromatic nitrogens is 1. The van der Waals surface area contributed by atoms with Gasteiger partial charge in [0.2, 0.25) is 0 Å². The van der Waals surface area contributed by atoms with Gasteiger partial charge in [-0.05, 0) is 13.3 Å². The number of halogens is 1. The number of hydrogen-bond donors (Lipinski definition) is 1. The van der Waals surface area contributed by atoms with E-state index in [1.165, 1.54) is 0 Å². The van der Waals surface area contributed by atoms with Crippen LogP contribution in [-0.2, 0) is 16.6 Å². The van der Waals surface area contributed by atoms with Crippen LogP contribution in [0.25, 0.3) is 0 Å². The second kappa shape index (κ2) is 6.08. The molecular formula is C15H25FN2OS. The Morgan fingerprint density at radius 2 is 2.20 bits per heavy atom. The normalized spacial score (nSPS) is 23.6. The summed E-state index contributed by atoms with van der Waals surface area (Å²) >= 11 is 1.56. The van der Waals surface area contributed by atoms with Crippen LogP contribution in [0.5, 0.6) is 0 Å². The van der Waals surface area contributed by atoms with Crippen molar-refractivity contribution in [1.29, 1.82) is 0 Å². The van der Waals surface area contributed by atoms with Crippen molar-refractivity contribution in [2.75, 3.05) is 19.8 Å². The Labute approximate surface area is 124 Å². The molecule has 2 heterocycles. The van der Waals surface area contributed by atoms with E-state index >= 15 is 0 Å². The number of thiazole rings is 1. The van der Waals surface area contributed by atoms with Gasteiger partial charge in [0.1, 0.15) is 5.67 Å². The number of nitrogens with zero attached hydrogens (tertiary/aromatic N) is 1. The van der Waals surface area contributed by atoms with Gasteiger partial charge in [-0.25, -0.2) is 9.37 Å². The van der Waals surface area contributed by atoms with Crippen molar-refractivity contribution in [2.24, 2.45) is 0 Å². The lowest BCUT2D eigenvalue weighted by Crippen LogP contribution is -2.45. The van der Waals surface area contributed by atoms with Crippen LogP contribution in [0.4, 0.5) is 4.39 Å². The average molecular weight is 300 g/mol. The molecule has 1 N–H and O–H groups in total. The number of ether oxygens (including phenoxy) is 1. The van der Waals surface area contributed by atoms with Crippen LogP contribution < -0.4 is 5.32 Å². The Morgan fingerprint density at radius 3 is 2.75 bits per heavy atom. The molecule has 0 amide bonds. The zero-order valence-corrected chi connectivity index (χ0v) is 13.6. The van der Waals surface area contributed by atoms with Gasteiger partial charge in [0.05, 0.1) is 23.9 Å². The Hall–Kier alpha value is -0.520. The van der Waals surface area contributed by atoms with Gasteiger partial charge in [0.25, 0.3) is 0 Å². The summed E-state index contributed by atoms with van der Waals surface area (Å²) in [4.78, 5) is 4.59. The molecule has 20 heavy (non-hydrogen) atoms. The molecule has 114 valence electrons. The van der Waals surface area contributed by atoms with E-state index in [-0.39, 0.29) is 11.5 Å². The van der Waals surface area contributed by atoms with Crippen molar-refractivity contribution in [2.45, 2.75) is 57.7 Å². The molecule has 1 aromatic heterocycles. The molecule has 0 saturated carbocycles. The molecule has 5 heteroatoms. The Kier molecular flexibility index (Phi) is 4.82. The molecule has 0 bridgehead atoms. The molecule has 1 aliphatic rings. The molecule has 0 radical (unpaired) electrons. The maximum atomic E-state index is 14.7. The van der Waals surface area contributed by atoms with Gasteiger partial charge in [-0.2, -0.15) is 0 Å². The molecule has 2 atom stereocenters. The fourth-order valence-corrected chi connectivity index (χ4v) is 3.58. The topological polar surface area (TPSA) is 34.1 Å². The monoisotopic (exact) mass is 300 g/mol. The summed E-state index contributed by atoms with van der Waals surface area (Å²) in [6.45, 7) is 10.2. The third kappa shape index (κ3) is 4.50. The predicted octanol–water partition coefficient (Wildman–Crippen LogP) is 3.09. The van der Waals surface area contributed by atoms with Gasteiger partial charge >= 0.3 is 0 Å². The highest BCUT2D eigenvalue weighted by molar-refractivity contribution is 7.09. The lowest BCUT2D eigenvalue weighted by Gasteiger charge is -2.29. The molecule has 2 unspecified atom stereocenters. The lowest BCUT2D eigenvalue weighted by atomic mass is 9.93. The lowest BCUT2D eigenvalue weighted by molar-refractivity contribution is 0.0483. The standard InChI is InChI=1S/C15H25FN2OS/c1-14(2,3)12-10-20-13(18-12)8-15(4,16)7-11-9-19-6-5-17-11/h10-11,17H,5-9H2,1-4H3. The molecule has 0 aromatic carbocycles. The third-order valence-corrected chi connectivity index (χ3v) is 4.36. The maximum Gasteiger partial charge on any atom is 0.116 e. The third-order valence-electron chi connectivity index (χ3n) is 3.51. The molecular weight excluding hydrogens is 275 g/mol. The number of nitrogens with one attached hydrogen (secondary N) is 1. The smallest absolute Gasteiger partial charge is 0.116 e. The predicted molar refractivity (Wildman–Crippen MR) is 81.3 cm³/mol. The SMILES string of the molecule is CC(F)(Cc1nc(C(C)(C)C)cs1)CC1COCCN1. The highest BCUT2D eigenvalue weighted by Crippen LogP contribution is 2.29. The molecule has 2 rings (SSSR count). The van der Waals surface area contributed by atoms with Gasteiger partial charge in [0, 0.05) is 29.8 Å². The van der Waals surface area contributed by atoms with Crippen molar-refractivity contribution in [3.63, 3.8) is 0 Å². The largest absolute Gasteiger partial charge is 0.379 e. The van der Waals surface area contributed by atoms with E-state index in [9.17, 15) is 4.39 Å². The van der Waals surface area contributed by atoms with Gasteiger partial charge < -0.3 is 10.1 Å². The van der Waals surface area contributed by atoms with Crippen LogP contribution in [0.3, 0.4) is 0 Å². The van der Waals surface area contributed by atoms with E-state index in [0.717, 1.165) is 23.9 Å². The first-order valence-corrected chi connectivity index (χ1v) is 8.09. The Bertz CT molecular complexity index is 433. The summed E-state index contributed by atoms with van der Waals surface area (Å²) in [5, 5.41) is 6.24. The Morgan fingerprint density at radius 1 is 1.45 bits per heavy atom. The van der Waals surface area contributed by atoms with Crippen LogP contribution in [0, 0.1) is 0 Å². The van der Waals surface area contributed by atoms with Gasteiger partial charge in [-0.3, -0.25) is 0 Å². The molecule has 1 aromatic rings. The van der Waals surface area contributed by atoms with Crippen LogP contribution >= 0.6 is 11.3 Å². The molecule has 0 spiro atoms. The van der Waals surface area contributed by atoms with Crippen molar-refractivity contribution in [3.8, 4) is 0 Å². The number of hydrogen-bond acceptors (Lipinski definition) is 4. The Balaban J connectivity index is 1.95. The van der Waals surface area contributed by atoms with Crippen molar-refractivity contribution in [3.05, 3.63) is 16.1 Å². The summed E-state index contributed by atoms with van der Waals surface area (Å²) in [7, 11) is 0. The summed E-state index contributed by atoms with van der Waals surface area (Å²) < 4.78 is 20.1. The van der Waals surface area contributed by atoms with Crippen molar-refractivity contribution < 1.29 is 9.13 Å². The van der Waals surface area contributed by atoms with Crippen LogP contribution in [-0.4, -0.2) is 36.5 Å². The number of rotatable bonds is 4. The van der Waals surface area contributed by atoms with Crippen molar-refractivity contribution in [1.82, 2.24) is 10.3 Å². The number of alkyl halides is 1. The first kappa shape index (κ1) is 15.9. The minimum atomic E-state index is -1.24. The molecule has 1 saturated heterocycles. The van der Waals surface area contributed by atoms with Crippen LogP contribution in [0.2, 0.25) is 0 Å². The van der Waals surface area contributed by atoms with Gasteiger partial charge in [0.15, 0.2) is 0 Å². The van der Waals surface area contributed by atoms with E-state index < -0.39 is 5.67 Å². The molecule has 1 fully saturated rings. The minimum absolute atomic E-state index is 0.0280. The van der Waals surface area contributed by atoms with Crippen LogP contribution in [0.1, 0.15) is 44.8 Å². The first-order valence-electron chi connectivity index (χ1n) is 7.21. The summed E-state index contributed by atoms with van der Waals surface area (Å²) in [5.41, 5.74) is -0.168. The summed E-state index contributed by atoms with van der Waals surface area (Å²) in [6, 6.07) is 0.112. The zero-order valence-electron chi connectivity index (χ0n) is 12.8. The second-order valence-electron chi connectivity index (χ2n) is 6.90. The quantitative estimate of drug-likeness (QED) is 0.928. The zero-order chi connectivity index (χ0) is 14.8. The highest BCUT2D eigenvalue weighted by Gasteiger charge is 2.31. The first-order chi connectivity index (χ1) is 9.26. The van der Waals surface area contributed by atoms with E-state index in [1.54, 1.807) is 18.3 Å². The van der Waals surface area contributed by atoms with E-state index in [1.807, 2.05) is 5.38 Å². The molecule has 0 aliphatic carbocycles. The number of morpholine rings is 1. The van der Waals surface area contributed by atoms with E-state index in [2.05, 4.69) is 31.1 Å². The molecule has 1 aliphatic heterocycles.